The number of hydrazone groups is 1. The Bertz CT molecular complexity index is 1340. The molecule has 0 fully saturated rings. The van der Waals surface area contributed by atoms with Crippen LogP contribution in [0.15, 0.2) is 70.7 Å². The zero-order chi connectivity index (χ0) is 23.8. The molecule has 33 heavy (non-hydrogen) atoms. The maximum atomic E-state index is 14.0. The van der Waals surface area contributed by atoms with Gasteiger partial charge in [0.05, 0.1) is 29.0 Å². The lowest BCUT2D eigenvalue weighted by molar-refractivity contribution is 0.548. The highest BCUT2D eigenvalue weighted by Crippen LogP contribution is 2.39. The van der Waals surface area contributed by atoms with Crippen molar-refractivity contribution in [2.45, 2.75) is 17.4 Å². The minimum Gasteiger partial charge on any atom is -0.256 e. The monoisotopic (exact) mass is 529 g/mol. The van der Waals surface area contributed by atoms with E-state index in [0.717, 1.165) is 17.7 Å². The molecule has 0 saturated carbocycles. The van der Waals surface area contributed by atoms with E-state index >= 15 is 0 Å². The molecule has 1 aliphatic heterocycles. The van der Waals surface area contributed by atoms with Gasteiger partial charge in [0.25, 0.3) is 0 Å². The first-order valence-corrected chi connectivity index (χ1v) is 12.3. The highest BCUT2D eigenvalue weighted by atomic mass is 35.5. The van der Waals surface area contributed by atoms with Crippen LogP contribution < -0.4 is 9.73 Å². The molecular weight excluding hydrogens is 515 g/mol. The Morgan fingerprint density at radius 1 is 0.970 bits per heavy atom. The van der Waals surface area contributed by atoms with Crippen LogP contribution in [0, 0.1) is 11.6 Å². The third-order valence-electron chi connectivity index (χ3n) is 5.03. The first-order valence-electron chi connectivity index (χ1n) is 9.65. The summed E-state index contributed by atoms with van der Waals surface area (Å²) in [7, 11) is -4.31. The summed E-state index contributed by atoms with van der Waals surface area (Å²) in [5.41, 5.74) is 1.93. The van der Waals surface area contributed by atoms with Crippen molar-refractivity contribution >= 4 is 56.2 Å². The van der Waals surface area contributed by atoms with Crippen LogP contribution in [0.25, 0.3) is 0 Å². The SMILES string of the molecule is O=S(=O)(NCC1=NN(c2ccc(Cl)cc2Cl)[C@H](c2ccc(Cl)cc2)C1)c1cc(F)ccc1F. The highest BCUT2D eigenvalue weighted by molar-refractivity contribution is 7.89. The van der Waals surface area contributed by atoms with Crippen molar-refractivity contribution < 1.29 is 17.2 Å². The van der Waals surface area contributed by atoms with Gasteiger partial charge < -0.3 is 0 Å². The third kappa shape index (κ3) is 5.31. The largest absolute Gasteiger partial charge is 0.256 e. The zero-order valence-corrected chi connectivity index (χ0v) is 19.9. The molecule has 0 amide bonds. The standard InChI is InChI=1S/C22H16Cl3F2N3O2S/c23-14-3-1-13(2-4-14)21-11-17(29-30(21)20-8-5-15(24)9-18(20)25)12-28-33(31,32)22-10-16(26)6-7-19(22)27/h1-10,21,28H,11-12H2/t21-/m0/s1. The molecule has 1 atom stereocenters. The van der Waals surface area contributed by atoms with Crippen LogP contribution >= 0.6 is 34.8 Å². The van der Waals surface area contributed by atoms with Crippen molar-refractivity contribution in [1.29, 1.82) is 0 Å². The first-order chi connectivity index (χ1) is 15.6. The van der Waals surface area contributed by atoms with Gasteiger partial charge in [-0.05, 0) is 54.1 Å². The highest BCUT2D eigenvalue weighted by Gasteiger charge is 2.31. The second-order valence-corrected chi connectivity index (χ2v) is 10.3. The molecule has 1 N–H and O–H groups in total. The number of rotatable bonds is 6. The fraction of sp³-hybridized carbons (Fsp3) is 0.136. The van der Waals surface area contributed by atoms with Crippen LogP contribution in [0.1, 0.15) is 18.0 Å². The van der Waals surface area contributed by atoms with Crippen molar-refractivity contribution in [2.24, 2.45) is 5.10 Å². The Morgan fingerprint density at radius 3 is 2.36 bits per heavy atom. The fourth-order valence-corrected chi connectivity index (χ4v) is 5.18. The van der Waals surface area contributed by atoms with E-state index in [0.29, 0.717) is 39.0 Å². The van der Waals surface area contributed by atoms with E-state index in [1.165, 1.54) is 0 Å². The molecule has 0 aliphatic carbocycles. The number of halogens is 5. The van der Waals surface area contributed by atoms with Crippen LogP contribution in [0.3, 0.4) is 0 Å². The lowest BCUT2D eigenvalue weighted by atomic mass is 10.0. The molecule has 1 aliphatic rings. The van der Waals surface area contributed by atoms with Gasteiger partial charge in [0, 0.05) is 16.5 Å². The Morgan fingerprint density at radius 2 is 1.67 bits per heavy atom. The predicted molar refractivity (Wildman–Crippen MR) is 127 cm³/mol. The van der Waals surface area contributed by atoms with E-state index in [9.17, 15) is 17.2 Å². The van der Waals surface area contributed by atoms with Gasteiger partial charge >= 0.3 is 0 Å². The Kier molecular flexibility index (Phi) is 6.93. The molecule has 0 aromatic heterocycles. The minimum absolute atomic E-state index is 0.204. The van der Waals surface area contributed by atoms with Crippen LogP contribution in [0.2, 0.25) is 15.1 Å². The molecule has 11 heteroatoms. The summed E-state index contributed by atoms with van der Waals surface area (Å²) >= 11 is 18.4. The molecule has 1 heterocycles. The molecule has 4 rings (SSSR count). The molecule has 172 valence electrons. The van der Waals surface area contributed by atoms with Crippen LogP contribution in [0.4, 0.5) is 14.5 Å². The first kappa shape index (κ1) is 23.9. The summed E-state index contributed by atoms with van der Waals surface area (Å²) in [6, 6.07) is 14.1. The number of anilines is 1. The molecule has 3 aromatic carbocycles. The smallest absolute Gasteiger partial charge is 0.243 e. The Hall–Kier alpha value is -2.23. The van der Waals surface area contributed by atoms with Crippen molar-refractivity contribution in [3.8, 4) is 0 Å². The van der Waals surface area contributed by atoms with Crippen molar-refractivity contribution in [3.63, 3.8) is 0 Å². The quantitative estimate of drug-likeness (QED) is 0.412. The molecule has 0 spiro atoms. The summed E-state index contributed by atoms with van der Waals surface area (Å²) in [6.07, 6.45) is 0.356. The predicted octanol–water partition coefficient (Wildman–Crippen LogP) is 6.21. The summed E-state index contributed by atoms with van der Waals surface area (Å²) < 4.78 is 54.9. The van der Waals surface area contributed by atoms with E-state index in [1.807, 2.05) is 12.1 Å². The van der Waals surface area contributed by atoms with Gasteiger partial charge in [-0.1, -0.05) is 46.9 Å². The molecule has 0 bridgehead atoms. The van der Waals surface area contributed by atoms with E-state index in [4.69, 9.17) is 34.8 Å². The average molecular weight is 531 g/mol. The molecular formula is C22H16Cl3F2N3O2S. The van der Waals surface area contributed by atoms with Crippen LogP contribution in [0.5, 0.6) is 0 Å². The summed E-state index contributed by atoms with van der Waals surface area (Å²) in [6.45, 7) is -0.204. The van der Waals surface area contributed by atoms with Gasteiger partial charge in [-0.15, -0.1) is 0 Å². The number of sulfonamides is 1. The molecule has 5 nitrogen and oxygen atoms in total. The van der Waals surface area contributed by atoms with Crippen molar-refractivity contribution in [3.05, 3.63) is 92.9 Å². The van der Waals surface area contributed by atoms with Crippen LogP contribution in [-0.4, -0.2) is 20.7 Å². The number of nitrogens with one attached hydrogen (secondary N) is 1. The molecule has 0 saturated heterocycles. The summed E-state index contributed by atoms with van der Waals surface area (Å²) in [5.74, 6) is -1.91. The van der Waals surface area contributed by atoms with Gasteiger partial charge in [-0.2, -0.15) is 5.10 Å². The number of hydrogen-bond donors (Lipinski definition) is 1. The number of nitrogens with zero attached hydrogens (tertiary/aromatic N) is 2. The summed E-state index contributed by atoms with van der Waals surface area (Å²) in [4.78, 5) is -0.770. The van der Waals surface area contributed by atoms with E-state index in [2.05, 4.69) is 9.82 Å². The maximum absolute atomic E-state index is 14.0. The zero-order valence-electron chi connectivity index (χ0n) is 16.8. The average Bonchev–Trinajstić information content (AvgIpc) is 3.18. The van der Waals surface area contributed by atoms with E-state index in [1.54, 1.807) is 35.3 Å². The molecule has 0 unspecified atom stereocenters. The molecule has 0 radical (unpaired) electrons. The topological polar surface area (TPSA) is 61.8 Å². The van der Waals surface area contributed by atoms with Crippen molar-refractivity contribution in [1.82, 2.24) is 4.72 Å². The van der Waals surface area contributed by atoms with Gasteiger partial charge in [0.2, 0.25) is 10.0 Å². The van der Waals surface area contributed by atoms with Crippen molar-refractivity contribution in [2.75, 3.05) is 11.6 Å². The van der Waals surface area contributed by atoms with E-state index < -0.39 is 26.6 Å². The summed E-state index contributed by atoms with van der Waals surface area (Å²) in [5, 5.41) is 7.63. The second kappa shape index (κ2) is 9.56. The van der Waals surface area contributed by atoms with Gasteiger partial charge in [-0.25, -0.2) is 21.9 Å². The number of benzene rings is 3. The fourth-order valence-electron chi connectivity index (χ4n) is 3.45. The second-order valence-electron chi connectivity index (χ2n) is 7.28. The lowest BCUT2D eigenvalue weighted by Crippen LogP contribution is -2.30. The van der Waals surface area contributed by atoms with Gasteiger partial charge in [-0.3, -0.25) is 5.01 Å². The maximum Gasteiger partial charge on any atom is 0.243 e. The normalized spacial score (nSPS) is 16.2. The van der Waals surface area contributed by atoms with Gasteiger partial charge in [0.1, 0.15) is 16.5 Å². The lowest BCUT2D eigenvalue weighted by Gasteiger charge is -2.25. The Balaban J connectivity index is 1.63. The van der Waals surface area contributed by atoms with Gasteiger partial charge in [0.15, 0.2) is 0 Å². The van der Waals surface area contributed by atoms with E-state index in [-0.39, 0.29) is 12.6 Å². The third-order valence-corrected chi connectivity index (χ3v) is 7.24. The number of hydrogen-bond acceptors (Lipinski definition) is 4. The minimum atomic E-state index is -4.31. The van der Waals surface area contributed by atoms with Crippen LogP contribution in [-0.2, 0) is 10.0 Å². The Labute approximate surface area is 204 Å². The molecule has 3 aromatic rings.